The molecule has 0 radical (unpaired) electrons. The Morgan fingerprint density at radius 3 is 2.94 bits per heavy atom. The van der Waals surface area contributed by atoms with Gasteiger partial charge in [-0.1, -0.05) is 12.1 Å². The van der Waals surface area contributed by atoms with Gasteiger partial charge in [0.2, 0.25) is 5.95 Å². The Hall–Kier alpha value is -2.92. The van der Waals surface area contributed by atoms with Crippen molar-refractivity contribution in [2.24, 2.45) is 0 Å². The van der Waals surface area contributed by atoms with Gasteiger partial charge in [0.1, 0.15) is 17.9 Å². The molecule has 2 aromatic heterocycles. The second-order valence-corrected chi connectivity index (χ2v) is 9.26. The molecule has 2 atom stereocenters. The van der Waals surface area contributed by atoms with Gasteiger partial charge in [-0.2, -0.15) is 4.98 Å². The molecule has 2 heterocycles. The Labute approximate surface area is 182 Å². The number of nitrogens with two attached hydrogens (primary N) is 1. The fraction of sp³-hybridized carbons (Fsp3) is 0.368. The highest BCUT2D eigenvalue weighted by Gasteiger charge is 2.27. The van der Waals surface area contributed by atoms with E-state index in [1.807, 2.05) is 0 Å². The number of nitrogen functional groups attached to an aromatic ring is 1. The van der Waals surface area contributed by atoms with Crippen LogP contribution in [0.5, 0.6) is 0 Å². The third-order valence-electron chi connectivity index (χ3n) is 4.56. The fourth-order valence-corrected chi connectivity index (χ4v) is 4.51. The summed E-state index contributed by atoms with van der Waals surface area (Å²) in [5.74, 6) is -0.705. The van der Waals surface area contributed by atoms with Crippen molar-refractivity contribution in [3.63, 3.8) is 0 Å². The lowest BCUT2D eigenvalue weighted by Crippen LogP contribution is -2.32. The Bertz CT molecular complexity index is 1210. The van der Waals surface area contributed by atoms with Gasteiger partial charge in [0.15, 0.2) is 11.2 Å². The predicted octanol–water partition coefficient (Wildman–Crippen LogP) is 1.79. The van der Waals surface area contributed by atoms with E-state index in [0.29, 0.717) is 11.2 Å². The molecule has 0 aliphatic carbocycles. The zero-order valence-corrected chi connectivity index (χ0v) is 18.5. The molecule has 0 aliphatic rings. The number of anilines is 1. The van der Waals surface area contributed by atoms with Gasteiger partial charge in [0.05, 0.1) is 25.6 Å². The minimum absolute atomic E-state index is 0.0390. The lowest BCUT2D eigenvalue weighted by atomic mass is 10.2. The average molecular weight is 466 g/mol. The maximum Gasteiger partial charge on any atom is 0.295 e. The maximum atomic E-state index is 13.4. The van der Waals surface area contributed by atoms with Crippen LogP contribution in [0.3, 0.4) is 0 Å². The van der Waals surface area contributed by atoms with Gasteiger partial charge in [-0.15, -0.1) is 0 Å². The van der Waals surface area contributed by atoms with Crippen molar-refractivity contribution in [2.75, 3.05) is 18.7 Å². The lowest BCUT2D eigenvalue weighted by molar-refractivity contribution is -0.118. The van der Waals surface area contributed by atoms with Crippen LogP contribution in [-0.4, -0.2) is 44.3 Å². The molecule has 1 unspecified atom stereocenters. The number of hydrogen-bond acceptors (Lipinski definition) is 8. The zero-order valence-electron chi connectivity index (χ0n) is 17.6. The number of benzene rings is 1. The van der Waals surface area contributed by atoms with Crippen molar-refractivity contribution in [1.82, 2.24) is 24.6 Å². The number of aromatic amines is 1. The predicted molar refractivity (Wildman–Crippen MR) is 115 cm³/mol. The van der Waals surface area contributed by atoms with E-state index in [0.717, 1.165) is 0 Å². The number of nitrogens with zero attached hydrogens (tertiary/aromatic N) is 3. The van der Waals surface area contributed by atoms with E-state index in [1.165, 1.54) is 31.5 Å². The van der Waals surface area contributed by atoms with Crippen LogP contribution in [0.15, 0.2) is 35.4 Å². The quantitative estimate of drug-likeness (QED) is 0.283. The van der Waals surface area contributed by atoms with E-state index >= 15 is 0 Å². The molecule has 172 valence electrons. The summed E-state index contributed by atoms with van der Waals surface area (Å²) in [6.07, 6.45) is 1.09. The lowest BCUT2D eigenvalue weighted by Gasteiger charge is -2.22. The first-order valence-electron chi connectivity index (χ1n) is 9.71. The second kappa shape index (κ2) is 10.1. The highest BCUT2D eigenvalue weighted by molar-refractivity contribution is 7.56. The zero-order chi connectivity index (χ0) is 23.3. The Kier molecular flexibility index (Phi) is 7.52. The number of hydrogen-bond donors (Lipinski definition) is 3. The van der Waals surface area contributed by atoms with Crippen LogP contribution < -0.4 is 16.4 Å². The van der Waals surface area contributed by atoms with Crippen LogP contribution in [-0.2, 0) is 31.8 Å². The normalized spacial score (nSPS) is 14.3. The number of Topliss-reactive ketones (excluding diaryl/α,β-unsaturated/α-hetero) is 1. The monoisotopic (exact) mass is 466 g/mol. The standard InChI is InChI=1S/C19H24FN6O5P/c1-12(13(2)27)25-32(29,31-9-14-4-3-5-15(20)8-14)11-30-7-6-26-10-22-16-17(26)23-19(21)24-18(16)28/h3-5,8,10,12H,6-7,9,11H2,1-2H3,(H,25,29)(H3,21,23,24,28)/t12-,32?/m0/s1. The smallest absolute Gasteiger partial charge is 0.295 e. The van der Waals surface area contributed by atoms with Gasteiger partial charge in [0, 0.05) is 6.54 Å². The van der Waals surface area contributed by atoms with Gasteiger partial charge in [0.25, 0.3) is 13.1 Å². The number of H-pyrrole nitrogens is 1. The summed E-state index contributed by atoms with van der Waals surface area (Å²) in [5, 5.41) is 2.69. The molecule has 0 fully saturated rings. The fourth-order valence-electron chi connectivity index (χ4n) is 2.79. The molecule has 3 aromatic rings. The van der Waals surface area contributed by atoms with E-state index in [-0.39, 0.29) is 43.4 Å². The van der Waals surface area contributed by atoms with Crippen molar-refractivity contribution >= 4 is 30.4 Å². The van der Waals surface area contributed by atoms with Gasteiger partial charge in [-0.25, -0.2) is 14.5 Å². The summed E-state index contributed by atoms with van der Waals surface area (Å²) in [6, 6.07) is 4.98. The van der Waals surface area contributed by atoms with Crippen molar-refractivity contribution in [2.45, 2.75) is 33.0 Å². The number of fused-ring (bicyclic) bond motifs is 1. The van der Waals surface area contributed by atoms with E-state index < -0.39 is 24.9 Å². The van der Waals surface area contributed by atoms with Crippen molar-refractivity contribution in [3.05, 3.63) is 52.3 Å². The first-order valence-corrected chi connectivity index (χ1v) is 11.5. The highest BCUT2D eigenvalue weighted by atomic mass is 31.2. The van der Waals surface area contributed by atoms with Crippen molar-refractivity contribution in [3.8, 4) is 0 Å². The molecule has 0 bridgehead atoms. The summed E-state index contributed by atoms with van der Waals surface area (Å²) >= 11 is 0. The minimum atomic E-state index is -3.61. The SMILES string of the molecule is CC(=O)[C@H](C)NP(=O)(COCCn1cnc2c(=O)[nH]c(N)nc21)OCc1cccc(F)c1. The Balaban J connectivity index is 1.63. The van der Waals surface area contributed by atoms with E-state index in [9.17, 15) is 18.5 Å². The number of ether oxygens (including phenoxy) is 1. The minimum Gasteiger partial charge on any atom is -0.369 e. The summed E-state index contributed by atoms with van der Waals surface area (Å²) in [6.45, 7) is 3.13. The number of halogens is 1. The summed E-state index contributed by atoms with van der Waals surface area (Å²) in [5.41, 5.74) is 6.04. The number of imidazole rings is 1. The molecule has 4 N–H and O–H groups in total. The molecule has 0 spiro atoms. The summed E-state index contributed by atoms with van der Waals surface area (Å²) in [7, 11) is -3.61. The molecule has 0 aliphatic heterocycles. The molecular weight excluding hydrogens is 442 g/mol. The van der Waals surface area contributed by atoms with Gasteiger partial charge in [-0.3, -0.25) is 19.1 Å². The van der Waals surface area contributed by atoms with Gasteiger partial charge < -0.3 is 19.6 Å². The molecule has 1 aromatic carbocycles. The number of rotatable bonds is 11. The number of aromatic nitrogens is 4. The summed E-state index contributed by atoms with van der Waals surface area (Å²) < 4.78 is 39.3. The number of carbonyl (C=O) groups is 1. The average Bonchev–Trinajstić information content (AvgIpc) is 3.13. The maximum absolute atomic E-state index is 13.4. The molecule has 3 rings (SSSR count). The molecular formula is C19H24FN6O5P. The molecule has 0 saturated heterocycles. The molecule has 11 nitrogen and oxygen atoms in total. The second-order valence-electron chi connectivity index (χ2n) is 7.14. The van der Waals surface area contributed by atoms with Gasteiger partial charge >= 0.3 is 0 Å². The molecule has 0 amide bonds. The number of nitrogens with one attached hydrogen (secondary N) is 2. The van der Waals surface area contributed by atoms with Crippen LogP contribution in [0.25, 0.3) is 11.2 Å². The molecule has 0 saturated carbocycles. The first-order chi connectivity index (χ1) is 15.2. The topological polar surface area (TPSA) is 154 Å². The third kappa shape index (κ3) is 6.07. The Morgan fingerprint density at radius 2 is 2.22 bits per heavy atom. The Morgan fingerprint density at radius 1 is 1.44 bits per heavy atom. The van der Waals surface area contributed by atoms with Crippen LogP contribution in [0.1, 0.15) is 19.4 Å². The molecule has 32 heavy (non-hydrogen) atoms. The highest BCUT2D eigenvalue weighted by Crippen LogP contribution is 2.44. The summed E-state index contributed by atoms with van der Waals surface area (Å²) in [4.78, 5) is 33.9. The largest absolute Gasteiger partial charge is 0.369 e. The van der Waals surface area contributed by atoms with E-state index in [4.69, 9.17) is 15.0 Å². The van der Waals surface area contributed by atoms with E-state index in [1.54, 1.807) is 17.6 Å². The number of ketones is 1. The van der Waals surface area contributed by atoms with Crippen LogP contribution in [0.2, 0.25) is 0 Å². The van der Waals surface area contributed by atoms with Crippen molar-refractivity contribution in [1.29, 1.82) is 0 Å². The third-order valence-corrected chi connectivity index (χ3v) is 6.41. The van der Waals surface area contributed by atoms with Crippen LogP contribution in [0.4, 0.5) is 10.3 Å². The molecule has 13 heteroatoms. The van der Waals surface area contributed by atoms with Gasteiger partial charge in [-0.05, 0) is 31.5 Å². The van der Waals surface area contributed by atoms with Crippen LogP contribution >= 0.6 is 7.52 Å². The first kappa shape index (κ1) is 23.7. The van der Waals surface area contributed by atoms with Crippen LogP contribution in [0, 0.1) is 5.82 Å². The van der Waals surface area contributed by atoms with Crippen molar-refractivity contribution < 1.29 is 23.0 Å². The number of carbonyl (C=O) groups excluding carboxylic acids is 1. The van der Waals surface area contributed by atoms with E-state index in [2.05, 4.69) is 20.0 Å².